The minimum absolute atomic E-state index is 0.0740. The highest BCUT2D eigenvalue weighted by molar-refractivity contribution is 5.99. The molecule has 0 saturated heterocycles. The molecule has 4 unspecified atom stereocenters. The highest BCUT2D eigenvalue weighted by Crippen LogP contribution is 2.60. The van der Waals surface area contributed by atoms with Gasteiger partial charge >= 0.3 is 0 Å². The number of terminal acetylenes is 1. The number of rotatable bonds is 0. The van der Waals surface area contributed by atoms with Crippen LogP contribution in [0.4, 0.5) is 0 Å². The van der Waals surface area contributed by atoms with Crippen molar-refractivity contribution in [2.45, 2.75) is 38.5 Å². The normalized spacial score (nSPS) is 35.9. The maximum absolute atomic E-state index is 12.6. The molecule has 112 valence electrons. The second-order valence-electron chi connectivity index (χ2n) is 7.23. The molecule has 4 atom stereocenters. The molecule has 2 heteroatoms. The van der Waals surface area contributed by atoms with Gasteiger partial charge in [0.15, 0.2) is 5.78 Å². The predicted octanol–water partition coefficient (Wildman–Crippen LogP) is 4.06. The number of carbonyl (C=O) groups excluding carboxylic acids is 1. The first-order valence-electron chi connectivity index (χ1n) is 8.08. The van der Waals surface area contributed by atoms with E-state index in [1.807, 2.05) is 6.07 Å². The van der Waals surface area contributed by atoms with E-state index >= 15 is 0 Å². The van der Waals surface area contributed by atoms with Crippen molar-refractivity contribution in [3.8, 4) is 18.1 Å². The maximum Gasteiger partial charge on any atom is 0.163 e. The van der Waals surface area contributed by atoms with Gasteiger partial charge in [0.05, 0.1) is 0 Å². The molecular weight excluding hydrogens is 272 g/mol. The van der Waals surface area contributed by atoms with E-state index in [4.69, 9.17) is 6.42 Å². The van der Waals surface area contributed by atoms with Crippen molar-refractivity contribution >= 4 is 5.78 Å². The minimum atomic E-state index is 0.0740. The van der Waals surface area contributed by atoms with Crippen molar-refractivity contribution in [3.05, 3.63) is 41.0 Å². The summed E-state index contributed by atoms with van der Waals surface area (Å²) in [6.07, 6.45) is 11.7. The standard InChI is InChI=1S/C20H20O2/c1-3-12-4-7-18-16-11-19(22)17-10-13(21)5-6-14(17)15(16)8-9-20(12,18)2/h1,4-6,10,15-16,18,21H,7-9,11H2,2H3. The van der Waals surface area contributed by atoms with Crippen molar-refractivity contribution < 1.29 is 9.90 Å². The number of fused-ring (bicyclic) bond motifs is 5. The highest BCUT2D eigenvalue weighted by Gasteiger charge is 2.52. The molecule has 0 amide bonds. The molecule has 0 radical (unpaired) electrons. The Hall–Kier alpha value is -2.01. The summed E-state index contributed by atoms with van der Waals surface area (Å²) in [6, 6.07) is 5.30. The molecule has 2 nitrogen and oxygen atoms in total. The van der Waals surface area contributed by atoms with Crippen molar-refractivity contribution in [1.29, 1.82) is 0 Å². The van der Waals surface area contributed by atoms with Crippen LogP contribution in [0, 0.1) is 29.6 Å². The lowest BCUT2D eigenvalue weighted by Gasteiger charge is -2.49. The Morgan fingerprint density at radius 2 is 2.23 bits per heavy atom. The predicted molar refractivity (Wildman–Crippen MR) is 85.6 cm³/mol. The Kier molecular flexibility index (Phi) is 2.78. The molecule has 0 bridgehead atoms. The quantitative estimate of drug-likeness (QED) is 0.732. The molecule has 0 heterocycles. The molecule has 1 saturated carbocycles. The van der Waals surface area contributed by atoms with E-state index < -0.39 is 0 Å². The zero-order valence-electron chi connectivity index (χ0n) is 12.8. The van der Waals surface area contributed by atoms with Gasteiger partial charge in [-0.1, -0.05) is 25.0 Å². The van der Waals surface area contributed by atoms with Crippen LogP contribution in [0.25, 0.3) is 0 Å². The third kappa shape index (κ3) is 1.66. The summed E-state index contributed by atoms with van der Waals surface area (Å²) in [6.45, 7) is 2.28. The Morgan fingerprint density at radius 3 is 3.00 bits per heavy atom. The molecule has 3 aliphatic rings. The zero-order valence-corrected chi connectivity index (χ0v) is 12.8. The van der Waals surface area contributed by atoms with E-state index in [-0.39, 0.29) is 16.9 Å². The molecule has 1 fully saturated rings. The number of phenols is 1. The first-order chi connectivity index (χ1) is 10.5. The molecule has 0 aliphatic heterocycles. The second-order valence-corrected chi connectivity index (χ2v) is 7.23. The highest BCUT2D eigenvalue weighted by atomic mass is 16.3. The first-order valence-corrected chi connectivity index (χ1v) is 8.08. The zero-order chi connectivity index (χ0) is 15.5. The summed E-state index contributed by atoms with van der Waals surface area (Å²) < 4.78 is 0. The van der Waals surface area contributed by atoms with Gasteiger partial charge in [0.2, 0.25) is 0 Å². The number of carbonyl (C=O) groups is 1. The van der Waals surface area contributed by atoms with Crippen LogP contribution in [-0.2, 0) is 0 Å². The molecule has 1 aromatic carbocycles. The number of phenolic OH excluding ortho intramolecular Hbond substituents is 1. The average Bonchev–Trinajstić information content (AvgIpc) is 2.84. The summed E-state index contributed by atoms with van der Waals surface area (Å²) in [5.74, 6) is 4.52. The van der Waals surface area contributed by atoms with Gasteiger partial charge in [0.25, 0.3) is 0 Å². The Labute approximate surface area is 131 Å². The fourth-order valence-corrected chi connectivity index (χ4v) is 5.18. The van der Waals surface area contributed by atoms with Gasteiger partial charge in [-0.2, -0.15) is 0 Å². The largest absolute Gasteiger partial charge is 0.508 e. The number of hydrogen-bond acceptors (Lipinski definition) is 2. The van der Waals surface area contributed by atoms with Gasteiger partial charge in [-0.25, -0.2) is 0 Å². The van der Waals surface area contributed by atoms with Crippen LogP contribution < -0.4 is 0 Å². The first kappa shape index (κ1) is 13.6. The Morgan fingerprint density at radius 1 is 1.41 bits per heavy atom. The van der Waals surface area contributed by atoms with Crippen LogP contribution >= 0.6 is 0 Å². The van der Waals surface area contributed by atoms with Crippen molar-refractivity contribution in [2.24, 2.45) is 17.3 Å². The third-order valence-corrected chi connectivity index (χ3v) is 6.33. The summed E-state index contributed by atoms with van der Waals surface area (Å²) >= 11 is 0. The van der Waals surface area contributed by atoms with E-state index in [0.29, 0.717) is 24.2 Å². The van der Waals surface area contributed by atoms with Gasteiger partial charge < -0.3 is 5.11 Å². The van der Waals surface area contributed by atoms with Crippen molar-refractivity contribution in [2.75, 3.05) is 0 Å². The van der Waals surface area contributed by atoms with E-state index in [1.165, 1.54) is 0 Å². The molecule has 0 aromatic heterocycles. The van der Waals surface area contributed by atoms with Gasteiger partial charge in [0.1, 0.15) is 5.75 Å². The van der Waals surface area contributed by atoms with Crippen LogP contribution in [0.15, 0.2) is 29.8 Å². The van der Waals surface area contributed by atoms with Crippen LogP contribution in [0.2, 0.25) is 0 Å². The molecule has 1 aromatic rings. The topological polar surface area (TPSA) is 37.3 Å². The molecule has 3 aliphatic carbocycles. The van der Waals surface area contributed by atoms with Crippen molar-refractivity contribution in [1.82, 2.24) is 0 Å². The minimum Gasteiger partial charge on any atom is -0.508 e. The monoisotopic (exact) mass is 292 g/mol. The summed E-state index contributed by atoms with van der Waals surface area (Å²) in [5.41, 5.74) is 3.08. The Bertz CT molecular complexity index is 737. The molecular formula is C20H20O2. The maximum atomic E-state index is 12.6. The fraction of sp³-hybridized carbons (Fsp3) is 0.450. The molecule has 0 spiro atoms. The number of hydrogen-bond donors (Lipinski definition) is 1. The average molecular weight is 292 g/mol. The van der Waals surface area contributed by atoms with E-state index in [9.17, 15) is 9.90 Å². The number of allylic oxidation sites excluding steroid dienone is 2. The number of benzene rings is 1. The third-order valence-electron chi connectivity index (χ3n) is 6.33. The molecule has 4 rings (SSSR count). The van der Waals surface area contributed by atoms with Crippen LogP contribution in [0.3, 0.4) is 0 Å². The summed E-state index contributed by atoms with van der Waals surface area (Å²) in [5, 5.41) is 9.68. The Balaban J connectivity index is 1.77. The van der Waals surface area contributed by atoms with Gasteiger partial charge in [-0.05, 0) is 54.7 Å². The van der Waals surface area contributed by atoms with Crippen LogP contribution in [0.5, 0.6) is 5.75 Å². The van der Waals surface area contributed by atoms with Gasteiger partial charge in [-0.15, -0.1) is 6.42 Å². The van der Waals surface area contributed by atoms with Gasteiger partial charge in [-0.3, -0.25) is 4.79 Å². The second kappa shape index (κ2) is 4.49. The smallest absolute Gasteiger partial charge is 0.163 e. The fourth-order valence-electron chi connectivity index (χ4n) is 5.18. The van der Waals surface area contributed by atoms with Crippen molar-refractivity contribution in [3.63, 3.8) is 0 Å². The lowest BCUT2D eigenvalue weighted by Crippen LogP contribution is -2.42. The number of Topliss-reactive ketones (excluding diaryl/α,β-unsaturated/α-hetero) is 1. The lowest BCUT2D eigenvalue weighted by atomic mass is 9.54. The van der Waals surface area contributed by atoms with Gasteiger partial charge in [0, 0.05) is 23.0 Å². The molecule has 22 heavy (non-hydrogen) atoms. The van der Waals surface area contributed by atoms with Crippen LogP contribution in [0.1, 0.15) is 54.4 Å². The summed E-state index contributed by atoms with van der Waals surface area (Å²) in [4.78, 5) is 12.6. The van der Waals surface area contributed by atoms with E-state index in [1.54, 1.807) is 12.1 Å². The van der Waals surface area contributed by atoms with Crippen LogP contribution in [-0.4, -0.2) is 10.9 Å². The van der Waals surface area contributed by atoms with E-state index in [0.717, 1.165) is 36.0 Å². The summed E-state index contributed by atoms with van der Waals surface area (Å²) in [7, 11) is 0. The van der Waals surface area contributed by atoms with E-state index in [2.05, 4.69) is 18.9 Å². The number of ketones is 1. The molecule has 1 N–H and O–H groups in total. The lowest BCUT2D eigenvalue weighted by molar-refractivity contribution is 0.0636. The SMILES string of the molecule is C#CC1=CCC2C3CC(=O)c4cc(O)ccc4C3CCC12C. The number of aromatic hydroxyl groups is 1.